The Balaban J connectivity index is 1.91. The predicted molar refractivity (Wildman–Crippen MR) is 93.4 cm³/mol. The first kappa shape index (κ1) is 22.4. The second-order valence-corrected chi connectivity index (χ2v) is 7.48. The number of carbonyl (C=O) groups is 1. The molecule has 1 heterocycles. The van der Waals surface area contributed by atoms with E-state index in [2.05, 4.69) is 0 Å². The quantitative estimate of drug-likeness (QED) is 0.432. The molecule has 0 fully saturated rings. The van der Waals surface area contributed by atoms with Crippen LogP contribution in [0, 0.1) is 0 Å². The summed E-state index contributed by atoms with van der Waals surface area (Å²) < 4.78 is 88.4. The van der Waals surface area contributed by atoms with Gasteiger partial charge in [-0.1, -0.05) is 17.7 Å². The van der Waals surface area contributed by atoms with E-state index in [0.29, 0.717) is 6.07 Å². The van der Waals surface area contributed by atoms with E-state index in [1.807, 2.05) is 0 Å². The van der Waals surface area contributed by atoms with Gasteiger partial charge in [0, 0.05) is 18.6 Å². The van der Waals surface area contributed by atoms with Crippen LogP contribution in [0.25, 0.3) is 0 Å². The van der Waals surface area contributed by atoms with E-state index in [-0.39, 0.29) is 22.8 Å². The average Bonchev–Trinajstić information content (AvgIpc) is 2.59. The molecular formula is C18H10Cl2F6O4. The lowest BCUT2D eigenvalue weighted by atomic mass is 9.89. The first-order valence-electron chi connectivity index (χ1n) is 8.05. The van der Waals surface area contributed by atoms with E-state index in [0.717, 1.165) is 18.2 Å². The maximum atomic E-state index is 13.3. The molecule has 30 heavy (non-hydrogen) atoms. The molecule has 2 aromatic carbocycles. The fraction of sp³-hybridized carbons (Fsp3) is 0.278. The number of hydrogen-bond acceptors (Lipinski definition) is 3. The van der Waals surface area contributed by atoms with Crippen molar-refractivity contribution in [2.24, 2.45) is 0 Å². The summed E-state index contributed by atoms with van der Waals surface area (Å²) in [5.74, 6) is -2.38. The van der Waals surface area contributed by atoms with Crippen molar-refractivity contribution < 1.29 is 45.7 Å². The van der Waals surface area contributed by atoms with Crippen LogP contribution in [-0.2, 0) is 17.4 Å². The van der Waals surface area contributed by atoms with Crippen LogP contribution in [0.15, 0.2) is 36.4 Å². The molecule has 12 heteroatoms. The molecule has 0 saturated carbocycles. The van der Waals surface area contributed by atoms with Gasteiger partial charge in [-0.2, -0.15) is 26.3 Å². The highest BCUT2D eigenvalue weighted by atomic mass is 35.5. The second-order valence-electron chi connectivity index (χ2n) is 6.39. The van der Waals surface area contributed by atoms with Crippen molar-refractivity contribution in [1.29, 1.82) is 0 Å². The van der Waals surface area contributed by atoms with Crippen molar-refractivity contribution in [2.75, 3.05) is 0 Å². The molecule has 0 amide bonds. The van der Waals surface area contributed by atoms with Gasteiger partial charge in [0.1, 0.15) is 17.2 Å². The molecule has 0 aromatic heterocycles. The Morgan fingerprint density at radius 1 is 1.10 bits per heavy atom. The molecule has 0 aliphatic carbocycles. The van der Waals surface area contributed by atoms with Gasteiger partial charge in [-0.15, -0.1) is 11.6 Å². The lowest BCUT2D eigenvalue weighted by molar-refractivity contribution is -0.212. The fourth-order valence-electron chi connectivity index (χ4n) is 2.88. The normalized spacial score (nSPS) is 21.5. The number of benzene rings is 2. The molecule has 2 aromatic rings. The summed E-state index contributed by atoms with van der Waals surface area (Å²) in [5, 5.41) is 8.56. The van der Waals surface area contributed by atoms with Crippen molar-refractivity contribution in [2.45, 2.75) is 29.8 Å². The molecule has 4 nitrogen and oxygen atoms in total. The van der Waals surface area contributed by atoms with Gasteiger partial charge in [0.15, 0.2) is 4.87 Å². The van der Waals surface area contributed by atoms with E-state index in [1.165, 1.54) is 12.1 Å². The molecular weight excluding hydrogens is 465 g/mol. The lowest BCUT2D eigenvalue weighted by Crippen LogP contribution is -2.58. The molecule has 162 valence electrons. The Morgan fingerprint density at radius 3 is 2.23 bits per heavy atom. The van der Waals surface area contributed by atoms with Gasteiger partial charge in [0.2, 0.25) is 6.10 Å². The lowest BCUT2D eigenvalue weighted by Gasteiger charge is -2.38. The van der Waals surface area contributed by atoms with E-state index >= 15 is 0 Å². The Labute approximate surface area is 174 Å². The standard InChI is InChI=1S/C18H10Cl2F6O4/c19-12-5-9(3-4-11(12)17(21,22)23)29-10-2-1-8-7-16(20,15(27)28)14(18(24,25)26)30-13(8)6-10/h1-6,14H,7H2,(H,27,28). The molecule has 1 aliphatic rings. The number of carboxylic acids is 1. The second kappa shape index (κ2) is 7.42. The maximum absolute atomic E-state index is 13.3. The van der Waals surface area contributed by atoms with Crippen LogP contribution >= 0.6 is 23.2 Å². The summed E-state index contributed by atoms with van der Waals surface area (Å²) in [6, 6.07) is 6.17. The van der Waals surface area contributed by atoms with Crippen LogP contribution in [0.4, 0.5) is 26.3 Å². The highest BCUT2D eigenvalue weighted by Gasteiger charge is 2.61. The van der Waals surface area contributed by atoms with Gasteiger partial charge >= 0.3 is 18.3 Å². The molecule has 3 rings (SSSR count). The Hall–Kier alpha value is -2.33. The van der Waals surface area contributed by atoms with Crippen molar-refractivity contribution >= 4 is 29.2 Å². The maximum Gasteiger partial charge on any atom is 0.427 e. The molecule has 0 bridgehead atoms. The Morgan fingerprint density at radius 2 is 1.70 bits per heavy atom. The number of rotatable bonds is 3. The van der Waals surface area contributed by atoms with Crippen LogP contribution < -0.4 is 9.47 Å². The number of alkyl halides is 7. The SMILES string of the molecule is O=C(O)C1(Cl)Cc2ccc(Oc3ccc(C(F)(F)F)c(Cl)c3)cc2OC1C(F)(F)F. The summed E-state index contributed by atoms with van der Waals surface area (Å²) in [6.45, 7) is 0. The van der Waals surface area contributed by atoms with Crippen molar-refractivity contribution in [3.05, 3.63) is 52.5 Å². The van der Waals surface area contributed by atoms with E-state index < -0.39 is 46.3 Å². The topological polar surface area (TPSA) is 55.8 Å². The van der Waals surface area contributed by atoms with E-state index in [9.17, 15) is 36.2 Å². The van der Waals surface area contributed by atoms with Crippen LogP contribution in [0.5, 0.6) is 17.2 Å². The zero-order valence-corrected chi connectivity index (χ0v) is 16.0. The van der Waals surface area contributed by atoms with E-state index in [4.69, 9.17) is 32.7 Å². The number of aliphatic carboxylic acids is 1. The summed E-state index contributed by atoms with van der Waals surface area (Å²) >= 11 is 11.4. The molecule has 1 aliphatic heterocycles. The minimum absolute atomic E-state index is 0.0668. The molecule has 0 saturated heterocycles. The summed E-state index contributed by atoms with van der Waals surface area (Å²) in [6.07, 6.45) is -13.2. The Bertz CT molecular complexity index is 992. The van der Waals surface area contributed by atoms with Crippen molar-refractivity contribution in [3.8, 4) is 17.2 Å². The molecule has 0 radical (unpaired) electrons. The number of hydrogen-bond donors (Lipinski definition) is 1. The first-order chi connectivity index (χ1) is 13.7. The van der Waals surface area contributed by atoms with Crippen LogP contribution in [0.2, 0.25) is 5.02 Å². The minimum atomic E-state index is -5.07. The summed E-state index contributed by atoms with van der Waals surface area (Å²) in [4.78, 5) is 8.60. The fourth-order valence-corrected chi connectivity index (χ4v) is 3.47. The molecule has 0 spiro atoms. The predicted octanol–water partition coefficient (Wildman–Crippen LogP) is 6.08. The van der Waals surface area contributed by atoms with Gasteiger partial charge < -0.3 is 14.6 Å². The van der Waals surface area contributed by atoms with Crippen molar-refractivity contribution in [3.63, 3.8) is 0 Å². The van der Waals surface area contributed by atoms with Gasteiger partial charge in [0.25, 0.3) is 0 Å². The summed E-state index contributed by atoms with van der Waals surface area (Å²) in [7, 11) is 0. The summed E-state index contributed by atoms with van der Waals surface area (Å²) in [5.41, 5.74) is -0.990. The van der Waals surface area contributed by atoms with Gasteiger partial charge in [-0.05, 0) is 23.8 Å². The minimum Gasteiger partial charge on any atom is -0.480 e. The zero-order valence-electron chi connectivity index (χ0n) is 14.4. The zero-order chi connectivity index (χ0) is 22.5. The number of ether oxygens (including phenoxy) is 2. The van der Waals surface area contributed by atoms with Crippen LogP contribution in [0.1, 0.15) is 11.1 Å². The third kappa shape index (κ3) is 4.24. The average molecular weight is 475 g/mol. The van der Waals surface area contributed by atoms with Crippen LogP contribution in [0.3, 0.4) is 0 Å². The van der Waals surface area contributed by atoms with E-state index in [1.54, 1.807) is 0 Å². The van der Waals surface area contributed by atoms with Crippen molar-refractivity contribution in [1.82, 2.24) is 0 Å². The highest BCUT2D eigenvalue weighted by Crippen LogP contribution is 2.45. The molecule has 1 N–H and O–H groups in total. The van der Waals surface area contributed by atoms with Gasteiger partial charge in [0.05, 0.1) is 10.6 Å². The van der Waals surface area contributed by atoms with Gasteiger partial charge in [-0.25, -0.2) is 0 Å². The van der Waals surface area contributed by atoms with Gasteiger partial charge in [-0.3, -0.25) is 4.79 Å². The third-order valence-electron chi connectivity index (χ3n) is 4.28. The first-order valence-corrected chi connectivity index (χ1v) is 8.80. The number of halogens is 8. The number of fused-ring (bicyclic) bond motifs is 1. The highest BCUT2D eigenvalue weighted by molar-refractivity contribution is 6.34. The molecule has 2 unspecified atom stereocenters. The third-order valence-corrected chi connectivity index (χ3v) is 5.09. The molecule has 2 atom stereocenters. The number of carboxylic acid groups (broad SMARTS) is 1. The van der Waals surface area contributed by atoms with Crippen LogP contribution in [-0.4, -0.2) is 28.2 Å². The largest absolute Gasteiger partial charge is 0.480 e. The smallest absolute Gasteiger partial charge is 0.427 e. The Kier molecular flexibility index (Phi) is 5.53. The monoisotopic (exact) mass is 474 g/mol.